The highest BCUT2D eigenvalue weighted by atomic mass is 16.5. The molecule has 98 valence electrons. The zero-order valence-electron chi connectivity index (χ0n) is 11.0. The molecule has 0 amide bonds. The lowest BCUT2D eigenvalue weighted by Crippen LogP contribution is -2.33. The van der Waals surface area contributed by atoms with Crippen molar-refractivity contribution in [3.63, 3.8) is 0 Å². The molecule has 0 aliphatic carbocycles. The molecule has 0 saturated heterocycles. The quantitative estimate of drug-likeness (QED) is 0.707. The number of nitrogens with zero attached hydrogens (tertiary/aromatic N) is 4. The first kappa shape index (κ1) is 14.1. The van der Waals surface area contributed by atoms with Crippen molar-refractivity contribution in [3.8, 4) is 0 Å². The maximum Gasteiger partial charge on any atom is 0.141 e. The fraction of sp³-hybridized carbons (Fsp3) is 0.818. The van der Waals surface area contributed by atoms with Crippen LogP contribution in [0.1, 0.15) is 25.7 Å². The average molecular weight is 241 g/mol. The zero-order valence-corrected chi connectivity index (χ0v) is 11.0. The van der Waals surface area contributed by atoms with Gasteiger partial charge < -0.3 is 10.5 Å². The van der Waals surface area contributed by atoms with Crippen molar-refractivity contribution >= 4 is 0 Å². The molecule has 0 spiro atoms. The van der Waals surface area contributed by atoms with Crippen LogP contribution in [0.4, 0.5) is 0 Å². The van der Waals surface area contributed by atoms with Crippen LogP contribution in [-0.2, 0) is 11.3 Å². The van der Waals surface area contributed by atoms with Gasteiger partial charge in [0.1, 0.15) is 12.2 Å². The summed E-state index contributed by atoms with van der Waals surface area (Å²) in [6.07, 6.45) is 1.60. The first-order valence-electron chi connectivity index (χ1n) is 5.98. The molecule has 0 aliphatic rings. The second-order valence-corrected chi connectivity index (χ2v) is 4.27. The van der Waals surface area contributed by atoms with Crippen LogP contribution in [0.25, 0.3) is 0 Å². The largest absolute Gasteiger partial charge is 0.383 e. The molecule has 0 fully saturated rings. The molecule has 6 nitrogen and oxygen atoms in total. The van der Waals surface area contributed by atoms with Crippen LogP contribution < -0.4 is 5.73 Å². The number of ether oxygens (including phenoxy) is 1. The van der Waals surface area contributed by atoms with Crippen LogP contribution in [0.5, 0.6) is 0 Å². The number of nitrogens with two attached hydrogens (primary N) is 1. The zero-order chi connectivity index (χ0) is 12.7. The number of hydrogen-bond acceptors (Lipinski definition) is 5. The van der Waals surface area contributed by atoms with Crippen molar-refractivity contribution in [1.82, 2.24) is 19.7 Å². The fourth-order valence-electron chi connectivity index (χ4n) is 1.69. The summed E-state index contributed by atoms with van der Waals surface area (Å²) < 4.78 is 7.03. The lowest BCUT2D eigenvalue weighted by atomic mass is 10.3. The lowest BCUT2D eigenvalue weighted by molar-refractivity contribution is 0.143. The van der Waals surface area contributed by atoms with E-state index in [0.717, 1.165) is 25.5 Å². The van der Waals surface area contributed by atoms with E-state index in [4.69, 9.17) is 10.5 Å². The summed E-state index contributed by atoms with van der Waals surface area (Å²) in [5.41, 5.74) is 5.60. The van der Waals surface area contributed by atoms with Gasteiger partial charge >= 0.3 is 0 Å². The van der Waals surface area contributed by atoms with Crippen molar-refractivity contribution in [2.24, 2.45) is 5.73 Å². The van der Waals surface area contributed by atoms with Crippen LogP contribution in [0, 0.1) is 0 Å². The third-order valence-electron chi connectivity index (χ3n) is 2.56. The molecule has 1 heterocycles. The molecule has 0 radical (unpaired) electrons. The summed E-state index contributed by atoms with van der Waals surface area (Å²) in [5, 5.41) is 4.23. The fourth-order valence-corrected chi connectivity index (χ4v) is 1.69. The topological polar surface area (TPSA) is 69.2 Å². The predicted octanol–water partition coefficient (Wildman–Crippen LogP) is 0.266. The van der Waals surface area contributed by atoms with Crippen LogP contribution in [0.15, 0.2) is 6.33 Å². The third kappa shape index (κ3) is 4.41. The van der Waals surface area contributed by atoms with Crippen LogP contribution in [0.3, 0.4) is 0 Å². The van der Waals surface area contributed by atoms with Gasteiger partial charge in [0.25, 0.3) is 0 Å². The Morgan fingerprint density at radius 1 is 1.47 bits per heavy atom. The molecule has 1 rings (SSSR count). The molecule has 0 aromatic carbocycles. The molecule has 6 heteroatoms. The van der Waals surface area contributed by atoms with E-state index in [9.17, 15) is 0 Å². The van der Waals surface area contributed by atoms with E-state index in [1.807, 2.05) is 4.68 Å². The van der Waals surface area contributed by atoms with Crippen molar-refractivity contribution in [2.75, 3.05) is 33.4 Å². The van der Waals surface area contributed by atoms with Gasteiger partial charge in [0.2, 0.25) is 0 Å². The average Bonchev–Trinajstić information content (AvgIpc) is 2.74. The SMILES string of the molecule is COCCN(CCN)Cc1ncnn1C(C)C. The van der Waals surface area contributed by atoms with Crippen LogP contribution in [-0.4, -0.2) is 53.0 Å². The highest BCUT2D eigenvalue weighted by molar-refractivity contribution is 4.86. The molecule has 0 unspecified atom stereocenters. The van der Waals surface area contributed by atoms with E-state index < -0.39 is 0 Å². The molecule has 17 heavy (non-hydrogen) atoms. The van der Waals surface area contributed by atoms with Crippen LogP contribution >= 0.6 is 0 Å². The van der Waals surface area contributed by atoms with Gasteiger partial charge in [-0.1, -0.05) is 0 Å². The summed E-state index contributed by atoms with van der Waals surface area (Å²) in [6.45, 7) is 8.00. The number of methoxy groups -OCH3 is 1. The monoisotopic (exact) mass is 241 g/mol. The summed E-state index contributed by atoms with van der Waals surface area (Å²) in [6, 6.07) is 0.328. The van der Waals surface area contributed by atoms with Crippen molar-refractivity contribution in [3.05, 3.63) is 12.2 Å². The normalized spacial score (nSPS) is 11.6. The summed E-state index contributed by atoms with van der Waals surface area (Å²) in [5.74, 6) is 0.976. The lowest BCUT2D eigenvalue weighted by Gasteiger charge is -2.21. The smallest absolute Gasteiger partial charge is 0.141 e. The van der Waals surface area contributed by atoms with Crippen molar-refractivity contribution in [1.29, 1.82) is 0 Å². The molecule has 0 saturated carbocycles. The number of rotatable bonds is 8. The number of hydrogen-bond donors (Lipinski definition) is 1. The molecule has 1 aromatic rings. The van der Waals surface area contributed by atoms with E-state index >= 15 is 0 Å². The van der Waals surface area contributed by atoms with E-state index in [-0.39, 0.29) is 0 Å². The van der Waals surface area contributed by atoms with Crippen molar-refractivity contribution < 1.29 is 4.74 Å². The highest BCUT2D eigenvalue weighted by Crippen LogP contribution is 2.07. The Bertz CT molecular complexity index is 313. The Morgan fingerprint density at radius 2 is 2.24 bits per heavy atom. The van der Waals surface area contributed by atoms with E-state index in [1.54, 1.807) is 13.4 Å². The van der Waals surface area contributed by atoms with E-state index in [1.165, 1.54) is 0 Å². The first-order chi connectivity index (χ1) is 8.19. The Balaban J connectivity index is 2.61. The summed E-state index contributed by atoms with van der Waals surface area (Å²) >= 11 is 0. The molecule has 1 aromatic heterocycles. The molecule has 0 aliphatic heterocycles. The summed E-state index contributed by atoms with van der Waals surface area (Å²) in [4.78, 5) is 6.52. The minimum atomic E-state index is 0.328. The first-order valence-corrected chi connectivity index (χ1v) is 5.98. The van der Waals surface area contributed by atoms with E-state index in [2.05, 4.69) is 28.8 Å². The maximum absolute atomic E-state index is 5.60. The minimum absolute atomic E-state index is 0.328. The van der Waals surface area contributed by atoms with Gasteiger partial charge in [-0.2, -0.15) is 5.10 Å². The Morgan fingerprint density at radius 3 is 2.82 bits per heavy atom. The van der Waals surface area contributed by atoms with Gasteiger partial charge in [-0.3, -0.25) is 4.90 Å². The van der Waals surface area contributed by atoms with E-state index in [0.29, 0.717) is 19.2 Å². The molecule has 2 N–H and O–H groups in total. The number of aromatic nitrogens is 3. The molecular weight excluding hydrogens is 218 g/mol. The highest BCUT2D eigenvalue weighted by Gasteiger charge is 2.12. The molecule has 0 bridgehead atoms. The second kappa shape index (κ2) is 7.37. The predicted molar refractivity (Wildman–Crippen MR) is 66.6 cm³/mol. The summed E-state index contributed by atoms with van der Waals surface area (Å²) in [7, 11) is 1.71. The second-order valence-electron chi connectivity index (χ2n) is 4.27. The van der Waals surface area contributed by atoms with Gasteiger partial charge in [-0.15, -0.1) is 0 Å². The minimum Gasteiger partial charge on any atom is -0.383 e. The Labute approximate surface area is 103 Å². The van der Waals surface area contributed by atoms with Gasteiger partial charge in [0.05, 0.1) is 13.2 Å². The Hall–Kier alpha value is -0.980. The van der Waals surface area contributed by atoms with Gasteiger partial charge in [0.15, 0.2) is 0 Å². The third-order valence-corrected chi connectivity index (χ3v) is 2.56. The van der Waals surface area contributed by atoms with Gasteiger partial charge in [-0.05, 0) is 13.8 Å². The maximum atomic E-state index is 5.60. The molecule has 0 atom stereocenters. The van der Waals surface area contributed by atoms with Gasteiger partial charge in [0, 0.05) is 32.8 Å². The van der Waals surface area contributed by atoms with Crippen LogP contribution in [0.2, 0.25) is 0 Å². The van der Waals surface area contributed by atoms with Gasteiger partial charge in [-0.25, -0.2) is 9.67 Å². The Kier molecular flexibility index (Phi) is 6.10. The standard InChI is InChI=1S/C11H23N5O/c1-10(2)16-11(13-9-14-16)8-15(5-4-12)6-7-17-3/h9-10H,4-8,12H2,1-3H3. The van der Waals surface area contributed by atoms with Crippen molar-refractivity contribution in [2.45, 2.75) is 26.4 Å². The molecular formula is C11H23N5O.